The number of benzene rings is 1. The van der Waals surface area contributed by atoms with E-state index in [1.165, 1.54) is 5.56 Å². The highest BCUT2D eigenvalue weighted by Gasteiger charge is 2.01. The molecule has 0 amide bonds. The van der Waals surface area contributed by atoms with Crippen LogP contribution in [0, 0.1) is 0 Å². The van der Waals surface area contributed by atoms with Crippen LogP contribution in [0.15, 0.2) is 59.5 Å². The monoisotopic (exact) mass is 316 g/mol. The second-order valence-corrected chi connectivity index (χ2v) is 5.13. The Morgan fingerprint density at radius 2 is 1.84 bits per heavy atom. The molecule has 0 aliphatic rings. The number of fused-ring (bicyclic) bond motifs is 1. The molecule has 2 heterocycles. The number of nitrogens with zero attached hydrogens (tertiary/aromatic N) is 2. The van der Waals surface area contributed by atoms with Crippen LogP contribution in [0.5, 0.6) is 0 Å². The van der Waals surface area contributed by atoms with Crippen molar-refractivity contribution < 1.29 is 4.74 Å². The molecule has 1 aromatic carbocycles. The summed E-state index contributed by atoms with van der Waals surface area (Å²) in [5.74, 6) is 0. The molecular formula is C15H13BrN2O. The van der Waals surface area contributed by atoms with Crippen molar-refractivity contribution in [3.8, 4) is 0 Å². The van der Waals surface area contributed by atoms with Gasteiger partial charge in [-0.15, -0.1) is 0 Å². The lowest BCUT2D eigenvalue weighted by Gasteiger charge is -2.05. The number of rotatable bonds is 4. The van der Waals surface area contributed by atoms with E-state index in [9.17, 15) is 0 Å². The highest BCUT2D eigenvalue weighted by Crippen LogP contribution is 2.15. The molecule has 3 nitrogen and oxygen atoms in total. The van der Waals surface area contributed by atoms with E-state index >= 15 is 0 Å². The van der Waals surface area contributed by atoms with Gasteiger partial charge in [0.2, 0.25) is 0 Å². The fourth-order valence-electron chi connectivity index (χ4n) is 1.94. The Morgan fingerprint density at radius 1 is 1.05 bits per heavy atom. The zero-order valence-electron chi connectivity index (χ0n) is 10.3. The largest absolute Gasteiger partial charge is 0.372 e. The molecule has 0 saturated heterocycles. The Balaban J connectivity index is 1.65. The number of hydrogen-bond acceptors (Lipinski definition) is 2. The van der Waals surface area contributed by atoms with Crippen LogP contribution in [0.1, 0.15) is 11.1 Å². The molecule has 19 heavy (non-hydrogen) atoms. The normalized spacial score (nSPS) is 11.0. The summed E-state index contributed by atoms with van der Waals surface area (Å²) >= 11 is 3.44. The summed E-state index contributed by atoms with van der Waals surface area (Å²) in [7, 11) is 0. The molecule has 3 rings (SSSR count). The van der Waals surface area contributed by atoms with Crippen molar-refractivity contribution in [2.45, 2.75) is 13.2 Å². The number of pyridine rings is 1. The predicted octanol–water partition coefficient (Wildman–Crippen LogP) is 3.81. The molecule has 4 heteroatoms. The van der Waals surface area contributed by atoms with E-state index in [0.29, 0.717) is 13.2 Å². The molecule has 0 N–H and O–H groups in total. The van der Waals surface area contributed by atoms with E-state index in [-0.39, 0.29) is 0 Å². The standard InChI is InChI=1S/C15H13BrN2O/c16-14-9-17-15-8-13(6-7-18(14)15)11-19-10-12-4-2-1-3-5-12/h1-9H,10-11H2. The first kappa shape index (κ1) is 12.4. The molecule has 0 bridgehead atoms. The fraction of sp³-hybridized carbons (Fsp3) is 0.133. The van der Waals surface area contributed by atoms with Crippen molar-refractivity contribution in [2.24, 2.45) is 0 Å². The van der Waals surface area contributed by atoms with E-state index in [4.69, 9.17) is 4.74 Å². The second-order valence-electron chi connectivity index (χ2n) is 4.32. The van der Waals surface area contributed by atoms with Gasteiger partial charge in [0.25, 0.3) is 0 Å². The SMILES string of the molecule is Brc1cnc2cc(COCc3ccccc3)ccn12. The zero-order valence-corrected chi connectivity index (χ0v) is 11.9. The molecule has 96 valence electrons. The third-order valence-electron chi connectivity index (χ3n) is 2.91. The van der Waals surface area contributed by atoms with Gasteiger partial charge in [0, 0.05) is 6.20 Å². The lowest BCUT2D eigenvalue weighted by Crippen LogP contribution is -1.95. The van der Waals surface area contributed by atoms with Crippen molar-refractivity contribution in [1.82, 2.24) is 9.38 Å². The van der Waals surface area contributed by atoms with Crippen LogP contribution in [0.2, 0.25) is 0 Å². The van der Waals surface area contributed by atoms with Crippen LogP contribution in [-0.2, 0) is 18.0 Å². The van der Waals surface area contributed by atoms with Gasteiger partial charge in [-0.25, -0.2) is 4.98 Å². The van der Waals surface area contributed by atoms with Gasteiger partial charge in [0.1, 0.15) is 10.3 Å². The molecule has 0 radical (unpaired) electrons. The van der Waals surface area contributed by atoms with Crippen LogP contribution in [0.4, 0.5) is 0 Å². The Hall–Kier alpha value is -1.65. The molecule has 0 spiro atoms. The molecule has 0 atom stereocenters. The van der Waals surface area contributed by atoms with Crippen LogP contribution < -0.4 is 0 Å². The van der Waals surface area contributed by atoms with Crippen LogP contribution in [0.25, 0.3) is 5.65 Å². The van der Waals surface area contributed by atoms with Crippen molar-refractivity contribution in [1.29, 1.82) is 0 Å². The quantitative estimate of drug-likeness (QED) is 0.731. The molecule has 0 aliphatic carbocycles. The summed E-state index contributed by atoms with van der Waals surface area (Å²) < 4.78 is 8.66. The number of hydrogen-bond donors (Lipinski definition) is 0. The van der Waals surface area contributed by atoms with Crippen molar-refractivity contribution in [2.75, 3.05) is 0 Å². The fourth-order valence-corrected chi connectivity index (χ4v) is 2.34. The minimum atomic E-state index is 0.593. The van der Waals surface area contributed by atoms with Gasteiger partial charge in [-0.3, -0.25) is 4.40 Å². The van der Waals surface area contributed by atoms with Gasteiger partial charge in [0.05, 0.1) is 19.4 Å². The zero-order chi connectivity index (χ0) is 13.1. The first-order chi connectivity index (χ1) is 9.33. The minimum absolute atomic E-state index is 0.593. The summed E-state index contributed by atoms with van der Waals surface area (Å²) in [6, 6.07) is 14.3. The van der Waals surface area contributed by atoms with Gasteiger partial charge < -0.3 is 4.74 Å². The van der Waals surface area contributed by atoms with Gasteiger partial charge in [-0.1, -0.05) is 30.3 Å². The first-order valence-electron chi connectivity index (χ1n) is 6.06. The molecule has 0 aliphatic heterocycles. The van der Waals surface area contributed by atoms with Crippen molar-refractivity contribution >= 4 is 21.6 Å². The molecule has 0 saturated carbocycles. The lowest BCUT2D eigenvalue weighted by atomic mass is 10.2. The summed E-state index contributed by atoms with van der Waals surface area (Å²) in [6.45, 7) is 1.22. The van der Waals surface area contributed by atoms with E-state index in [1.54, 1.807) is 6.20 Å². The van der Waals surface area contributed by atoms with Gasteiger partial charge in [0.15, 0.2) is 0 Å². The van der Waals surface area contributed by atoms with E-state index in [2.05, 4.69) is 33.0 Å². The maximum absolute atomic E-state index is 5.71. The molecule has 0 fully saturated rings. The molecular weight excluding hydrogens is 304 g/mol. The number of halogens is 1. The van der Waals surface area contributed by atoms with Gasteiger partial charge in [-0.2, -0.15) is 0 Å². The minimum Gasteiger partial charge on any atom is -0.372 e. The number of aromatic nitrogens is 2. The first-order valence-corrected chi connectivity index (χ1v) is 6.85. The Bertz CT molecular complexity index is 679. The summed E-state index contributed by atoms with van der Waals surface area (Å²) in [6.07, 6.45) is 3.79. The third kappa shape index (κ3) is 2.85. The second kappa shape index (κ2) is 5.55. The van der Waals surface area contributed by atoms with Crippen LogP contribution >= 0.6 is 15.9 Å². The maximum Gasteiger partial charge on any atom is 0.137 e. The number of imidazole rings is 1. The maximum atomic E-state index is 5.71. The van der Waals surface area contributed by atoms with Gasteiger partial charge >= 0.3 is 0 Å². The number of ether oxygens (including phenoxy) is 1. The van der Waals surface area contributed by atoms with Crippen molar-refractivity contribution in [3.05, 3.63) is 70.6 Å². The Labute approximate surface area is 120 Å². The topological polar surface area (TPSA) is 26.5 Å². The van der Waals surface area contributed by atoms with Crippen molar-refractivity contribution in [3.63, 3.8) is 0 Å². The highest BCUT2D eigenvalue weighted by molar-refractivity contribution is 9.10. The van der Waals surface area contributed by atoms with E-state index < -0.39 is 0 Å². The average Bonchev–Trinajstić information content (AvgIpc) is 2.81. The molecule has 2 aromatic heterocycles. The lowest BCUT2D eigenvalue weighted by molar-refractivity contribution is 0.107. The molecule has 3 aromatic rings. The summed E-state index contributed by atoms with van der Waals surface area (Å²) in [5.41, 5.74) is 3.24. The Kier molecular flexibility index (Phi) is 3.62. The third-order valence-corrected chi connectivity index (χ3v) is 3.50. The molecule has 0 unspecified atom stereocenters. The van der Waals surface area contributed by atoms with Gasteiger partial charge in [-0.05, 0) is 39.2 Å². The summed E-state index contributed by atoms with van der Waals surface area (Å²) in [4.78, 5) is 4.31. The summed E-state index contributed by atoms with van der Waals surface area (Å²) in [5, 5.41) is 0. The highest BCUT2D eigenvalue weighted by atomic mass is 79.9. The van der Waals surface area contributed by atoms with Crippen LogP contribution in [-0.4, -0.2) is 9.38 Å². The predicted molar refractivity (Wildman–Crippen MR) is 77.8 cm³/mol. The van der Waals surface area contributed by atoms with Crippen LogP contribution in [0.3, 0.4) is 0 Å². The Morgan fingerprint density at radius 3 is 2.68 bits per heavy atom. The smallest absolute Gasteiger partial charge is 0.137 e. The van der Waals surface area contributed by atoms with E-state index in [1.807, 2.05) is 40.9 Å². The van der Waals surface area contributed by atoms with E-state index in [0.717, 1.165) is 15.8 Å². The average molecular weight is 317 g/mol.